The zero-order valence-electron chi connectivity index (χ0n) is 16.7. The molecule has 1 atom stereocenters. The summed E-state index contributed by atoms with van der Waals surface area (Å²) in [5.41, 5.74) is 1.75. The van der Waals surface area contributed by atoms with Crippen molar-refractivity contribution >= 4 is 27.8 Å². The standard InChI is InChI=1S/C18H27N3O6S/c1-11(2)17(18(24)27-10-16(23)20-9-15(22)19-5)21-28(25,26)14-7-6-12(3)13(4)8-14/h6-8,11,17,21H,9-10H2,1-5H3,(H,19,22)(H,20,23)/t17-/m0/s1. The van der Waals surface area contributed by atoms with Gasteiger partial charge in [-0.05, 0) is 43.0 Å². The monoisotopic (exact) mass is 413 g/mol. The molecule has 0 saturated carbocycles. The maximum Gasteiger partial charge on any atom is 0.324 e. The number of likely N-dealkylation sites (N-methyl/N-ethyl adjacent to an activating group) is 1. The Morgan fingerprint density at radius 2 is 1.71 bits per heavy atom. The van der Waals surface area contributed by atoms with Crippen LogP contribution in [0, 0.1) is 19.8 Å². The second-order valence-electron chi connectivity index (χ2n) is 6.65. The molecule has 0 aliphatic rings. The van der Waals surface area contributed by atoms with Gasteiger partial charge in [-0.25, -0.2) is 8.42 Å². The number of nitrogens with one attached hydrogen (secondary N) is 3. The van der Waals surface area contributed by atoms with Crippen LogP contribution in [0.15, 0.2) is 23.1 Å². The van der Waals surface area contributed by atoms with E-state index in [1.807, 2.05) is 6.92 Å². The Bertz CT molecular complexity index is 836. The molecular formula is C18H27N3O6S. The molecule has 0 aliphatic heterocycles. The Hall–Kier alpha value is -2.46. The van der Waals surface area contributed by atoms with Crippen LogP contribution >= 0.6 is 0 Å². The van der Waals surface area contributed by atoms with E-state index < -0.39 is 46.4 Å². The van der Waals surface area contributed by atoms with Gasteiger partial charge in [-0.1, -0.05) is 19.9 Å². The van der Waals surface area contributed by atoms with Crippen LogP contribution in [0.25, 0.3) is 0 Å². The summed E-state index contributed by atoms with van der Waals surface area (Å²) >= 11 is 0. The molecule has 0 unspecified atom stereocenters. The summed E-state index contributed by atoms with van der Waals surface area (Å²) in [6, 6.07) is 3.49. The van der Waals surface area contributed by atoms with E-state index in [4.69, 9.17) is 4.74 Å². The fourth-order valence-electron chi connectivity index (χ4n) is 2.12. The van der Waals surface area contributed by atoms with Crippen molar-refractivity contribution in [2.75, 3.05) is 20.2 Å². The van der Waals surface area contributed by atoms with Gasteiger partial charge in [0.1, 0.15) is 6.04 Å². The molecule has 28 heavy (non-hydrogen) atoms. The normalized spacial score (nSPS) is 12.4. The van der Waals surface area contributed by atoms with E-state index >= 15 is 0 Å². The minimum absolute atomic E-state index is 0.0392. The summed E-state index contributed by atoms with van der Waals surface area (Å²) in [6.07, 6.45) is 0. The number of ether oxygens (including phenoxy) is 1. The molecule has 9 nitrogen and oxygen atoms in total. The molecular weight excluding hydrogens is 386 g/mol. The molecule has 0 aromatic heterocycles. The third-order valence-electron chi connectivity index (χ3n) is 4.06. The highest BCUT2D eigenvalue weighted by molar-refractivity contribution is 7.89. The van der Waals surface area contributed by atoms with E-state index in [2.05, 4.69) is 15.4 Å². The number of carbonyl (C=O) groups is 3. The van der Waals surface area contributed by atoms with Gasteiger partial charge in [0.05, 0.1) is 11.4 Å². The fraction of sp³-hybridized carbons (Fsp3) is 0.500. The van der Waals surface area contributed by atoms with Crippen molar-refractivity contribution in [2.45, 2.75) is 38.6 Å². The van der Waals surface area contributed by atoms with E-state index in [-0.39, 0.29) is 11.4 Å². The number of hydrogen-bond acceptors (Lipinski definition) is 6. The van der Waals surface area contributed by atoms with Crippen molar-refractivity contribution < 1.29 is 27.5 Å². The van der Waals surface area contributed by atoms with E-state index in [1.165, 1.54) is 19.2 Å². The first-order valence-electron chi connectivity index (χ1n) is 8.71. The highest BCUT2D eigenvalue weighted by atomic mass is 32.2. The van der Waals surface area contributed by atoms with E-state index in [0.717, 1.165) is 11.1 Å². The average molecular weight is 413 g/mol. The van der Waals surface area contributed by atoms with Crippen LogP contribution in [-0.4, -0.2) is 52.4 Å². The summed E-state index contributed by atoms with van der Waals surface area (Å²) < 4.78 is 32.5. The molecule has 0 fully saturated rings. The molecule has 2 amide bonds. The van der Waals surface area contributed by atoms with Crippen molar-refractivity contribution in [1.29, 1.82) is 0 Å². The maximum absolute atomic E-state index is 12.6. The number of esters is 1. The van der Waals surface area contributed by atoms with Gasteiger partial charge in [0.2, 0.25) is 15.9 Å². The van der Waals surface area contributed by atoms with Crippen LogP contribution in [0.3, 0.4) is 0 Å². The zero-order valence-corrected chi connectivity index (χ0v) is 17.5. The van der Waals surface area contributed by atoms with Crippen molar-refractivity contribution in [1.82, 2.24) is 15.4 Å². The molecule has 1 aromatic carbocycles. The van der Waals surface area contributed by atoms with Gasteiger partial charge in [0, 0.05) is 7.05 Å². The average Bonchev–Trinajstić information content (AvgIpc) is 2.63. The minimum atomic E-state index is -3.96. The zero-order chi connectivity index (χ0) is 21.5. The molecule has 0 spiro atoms. The fourth-order valence-corrected chi connectivity index (χ4v) is 3.54. The predicted octanol–water partition coefficient (Wildman–Crippen LogP) is 0.0117. The summed E-state index contributed by atoms with van der Waals surface area (Å²) in [5.74, 6) is -2.36. The molecule has 1 rings (SSSR count). The third-order valence-corrected chi connectivity index (χ3v) is 5.50. The largest absolute Gasteiger partial charge is 0.454 e. The third kappa shape index (κ3) is 6.93. The van der Waals surface area contributed by atoms with Crippen molar-refractivity contribution in [3.05, 3.63) is 29.3 Å². The number of rotatable bonds is 9. The molecule has 0 radical (unpaired) electrons. The molecule has 3 N–H and O–H groups in total. The smallest absolute Gasteiger partial charge is 0.324 e. The number of amides is 2. The van der Waals surface area contributed by atoms with E-state index in [9.17, 15) is 22.8 Å². The Labute approximate surface area is 165 Å². The summed E-state index contributed by atoms with van der Waals surface area (Å²) in [7, 11) is -2.54. The molecule has 0 bridgehead atoms. The Morgan fingerprint density at radius 3 is 2.25 bits per heavy atom. The van der Waals surface area contributed by atoms with Gasteiger partial charge in [-0.2, -0.15) is 4.72 Å². The van der Waals surface area contributed by atoms with Crippen LogP contribution in [0.1, 0.15) is 25.0 Å². The van der Waals surface area contributed by atoms with Crippen LogP contribution < -0.4 is 15.4 Å². The Morgan fingerprint density at radius 1 is 1.07 bits per heavy atom. The van der Waals surface area contributed by atoms with Gasteiger partial charge >= 0.3 is 5.97 Å². The van der Waals surface area contributed by atoms with Gasteiger partial charge in [0.25, 0.3) is 5.91 Å². The van der Waals surface area contributed by atoms with Crippen LogP contribution in [-0.2, 0) is 29.1 Å². The van der Waals surface area contributed by atoms with Gasteiger partial charge < -0.3 is 15.4 Å². The Kier molecular flexibility index (Phi) is 8.58. The molecule has 156 valence electrons. The lowest BCUT2D eigenvalue weighted by Gasteiger charge is -2.21. The summed E-state index contributed by atoms with van der Waals surface area (Å²) in [4.78, 5) is 35.1. The van der Waals surface area contributed by atoms with Crippen molar-refractivity contribution in [3.63, 3.8) is 0 Å². The summed E-state index contributed by atoms with van der Waals surface area (Å²) in [6.45, 7) is 6.09. The molecule has 10 heteroatoms. The van der Waals surface area contributed by atoms with E-state index in [0.29, 0.717) is 0 Å². The minimum Gasteiger partial charge on any atom is -0.454 e. The van der Waals surface area contributed by atoms with Gasteiger partial charge in [0.15, 0.2) is 6.61 Å². The Balaban J connectivity index is 2.78. The van der Waals surface area contributed by atoms with Crippen LogP contribution in [0.2, 0.25) is 0 Å². The first kappa shape index (κ1) is 23.6. The predicted molar refractivity (Wildman–Crippen MR) is 103 cm³/mol. The number of carbonyl (C=O) groups excluding carboxylic acids is 3. The lowest BCUT2D eigenvalue weighted by molar-refractivity contribution is -0.151. The highest BCUT2D eigenvalue weighted by Crippen LogP contribution is 2.16. The second kappa shape index (κ2) is 10.2. The van der Waals surface area contributed by atoms with Crippen LogP contribution in [0.4, 0.5) is 0 Å². The molecule has 1 aromatic rings. The number of hydrogen-bond donors (Lipinski definition) is 3. The topological polar surface area (TPSA) is 131 Å². The second-order valence-corrected chi connectivity index (χ2v) is 8.36. The first-order chi connectivity index (χ1) is 13.0. The van der Waals surface area contributed by atoms with Crippen LogP contribution in [0.5, 0.6) is 0 Å². The molecule has 0 aliphatic carbocycles. The lowest BCUT2D eigenvalue weighted by Crippen LogP contribution is -2.46. The summed E-state index contributed by atoms with van der Waals surface area (Å²) in [5, 5.41) is 4.60. The number of sulfonamides is 1. The number of aryl methyl sites for hydroxylation is 2. The quantitative estimate of drug-likeness (QED) is 0.489. The highest BCUT2D eigenvalue weighted by Gasteiger charge is 2.30. The SMILES string of the molecule is CNC(=O)CNC(=O)COC(=O)[C@@H](NS(=O)(=O)c1ccc(C)c(C)c1)C(C)C. The first-order valence-corrected chi connectivity index (χ1v) is 10.2. The van der Waals surface area contributed by atoms with Gasteiger partial charge in [-0.3, -0.25) is 14.4 Å². The number of benzene rings is 1. The molecule has 0 saturated heterocycles. The van der Waals surface area contributed by atoms with Crippen molar-refractivity contribution in [2.24, 2.45) is 5.92 Å². The van der Waals surface area contributed by atoms with Gasteiger partial charge in [-0.15, -0.1) is 0 Å². The lowest BCUT2D eigenvalue weighted by atomic mass is 10.1. The van der Waals surface area contributed by atoms with E-state index in [1.54, 1.807) is 26.8 Å². The molecule has 0 heterocycles. The van der Waals surface area contributed by atoms with Crippen molar-refractivity contribution in [3.8, 4) is 0 Å². The maximum atomic E-state index is 12.6.